The molecule has 90 valence electrons. The van der Waals surface area contributed by atoms with E-state index in [9.17, 15) is 0 Å². The van der Waals surface area contributed by atoms with Gasteiger partial charge in [0.25, 0.3) is 0 Å². The molecule has 0 heterocycles. The summed E-state index contributed by atoms with van der Waals surface area (Å²) in [7, 11) is 0. The lowest BCUT2D eigenvalue weighted by Crippen LogP contribution is -2.43. The molecular formula is C13H28N2. The predicted molar refractivity (Wildman–Crippen MR) is 67.3 cm³/mol. The third-order valence-electron chi connectivity index (χ3n) is 3.36. The molecule has 1 N–H and O–H groups in total. The van der Waals surface area contributed by atoms with E-state index in [1.165, 1.54) is 45.2 Å². The maximum absolute atomic E-state index is 3.50. The molecule has 1 rings (SSSR count). The first-order chi connectivity index (χ1) is 7.33. The summed E-state index contributed by atoms with van der Waals surface area (Å²) < 4.78 is 0. The van der Waals surface area contributed by atoms with E-state index in [-0.39, 0.29) is 0 Å². The van der Waals surface area contributed by atoms with Gasteiger partial charge in [-0.3, -0.25) is 4.90 Å². The third-order valence-corrected chi connectivity index (χ3v) is 3.36. The summed E-state index contributed by atoms with van der Waals surface area (Å²) in [5.74, 6) is 0. The molecule has 0 bridgehead atoms. The van der Waals surface area contributed by atoms with Crippen molar-refractivity contribution in [2.45, 2.75) is 65.0 Å². The van der Waals surface area contributed by atoms with E-state index in [4.69, 9.17) is 0 Å². The van der Waals surface area contributed by atoms with Crippen LogP contribution in [0.1, 0.15) is 52.9 Å². The number of hydrogen-bond donors (Lipinski definition) is 1. The lowest BCUT2D eigenvalue weighted by Gasteiger charge is -2.31. The molecule has 1 aliphatic rings. The Balaban J connectivity index is 2.35. The molecule has 1 unspecified atom stereocenters. The van der Waals surface area contributed by atoms with E-state index in [1.807, 2.05) is 0 Å². The molecule has 0 aromatic rings. The van der Waals surface area contributed by atoms with Crippen molar-refractivity contribution >= 4 is 0 Å². The van der Waals surface area contributed by atoms with Crippen LogP contribution in [-0.4, -0.2) is 36.6 Å². The zero-order valence-corrected chi connectivity index (χ0v) is 10.8. The van der Waals surface area contributed by atoms with Crippen molar-refractivity contribution in [3.8, 4) is 0 Å². The highest BCUT2D eigenvalue weighted by Gasteiger charge is 2.32. The molecular weight excluding hydrogens is 184 g/mol. The van der Waals surface area contributed by atoms with Gasteiger partial charge in [-0.25, -0.2) is 0 Å². The van der Waals surface area contributed by atoms with Crippen LogP contribution in [0.15, 0.2) is 0 Å². The number of unbranched alkanes of at least 4 members (excludes halogenated alkanes) is 1. The largest absolute Gasteiger partial charge is 0.315 e. The molecule has 1 aliphatic carbocycles. The van der Waals surface area contributed by atoms with Gasteiger partial charge in [0.15, 0.2) is 0 Å². The second kappa shape index (κ2) is 7.24. The molecule has 15 heavy (non-hydrogen) atoms. The Bertz CT molecular complexity index is 155. The van der Waals surface area contributed by atoms with Gasteiger partial charge in [-0.05, 0) is 38.8 Å². The zero-order valence-electron chi connectivity index (χ0n) is 10.8. The summed E-state index contributed by atoms with van der Waals surface area (Å²) in [4.78, 5) is 2.76. The highest BCUT2D eigenvalue weighted by Crippen LogP contribution is 2.29. The van der Waals surface area contributed by atoms with Crippen LogP contribution in [0.4, 0.5) is 0 Å². The van der Waals surface area contributed by atoms with Crippen molar-refractivity contribution in [2.24, 2.45) is 0 Å². The van der Waals surface area contributed by atoms with Crippen LogP contribution in [0.2, 0.25) is 0 Å². The molecule has 2 heteroatoms. The summed E-state index contributed by atoms with van der Waals surface area (Å²) in [6, 6.07) is 1.68. The molecule has 0 aromatic heterocycles. The number of hydrogen-bond acceptors (Lipinski definition) is 2. The number of likely N-dealkylation sites (N-methyl/N-ethyl adjacent to an activating group) is 1. The van der Waals surface area contributed by atoms with Crippen molar-refractivity contribution in [1.82, 2.24) is 10.2 Å². The first-order valence-electron chi connectivity index (χ1n) is 6.79. The Hall–Kier alpha value is -0.0800. The Labute approximate surface area is 95.4 Å². The molecule has 0 aromatic carbocycles. The van der Waals surface area contributed by atoms with E-state index in [0.717, 1.165) is 18.6 Å². The van der Waals surface area contributed by atoms with Crippen LogP contribution in [0, 0.1) is 0 Å². The Morgan fingerprint density at radius 2 is 2.00 bits per heavy atom. The summed E-state index contributed by atoms with van der Waals surface area (Å²) >= 11 is 0. The van der Waals surface area contributed by atoms with E-state index < -0.39 is 0 Å². The summed E-state index contributed by atoms with van der Waals surface area (Å²) in [6.45, 7) is 10.4. The van der Waals surface area contributed by atoms with E-state index in [0.29, 0.717) is 0 Å². The smallest absolute Gasteiger partial charge is 0.0220 e. The monoisotopic (exact) mass is 212 g/mol. The maximum Gasteiger partial charge on any atom is 0.0220 e. The first-order valence-corrected chi connectivity index (χ1v) is 6.79. The van der Waals surface area contributed by atoms with Crippen LogP contribution in [-0.2, 0) is 0 Å². The van der Waals surface area contributed by atoms with Gasteiger partial charge >= 0.3 is 0 Å². The van der Waals surface area contributed by atoms with Gasteiger partial charge in [0.1, 0.15) is 0 Å². The van der Waals surface area contributed by atoms with Gasteiger partial charge in [-0.2, -0.15) is 0 Å². The molecule has 0 amide bonds. The van der Waals surface area contributed by atoms with Crippen LogP contribution in [0.25, 0.3) is 0 Å². The predicted octanol–water partition coefficient (Wildman–Crippen LogP) is 2.64. The molecule has 0 radical (unpaired) electrons. The van der Waals surface area contributed by atoms with Crippen molar-refractivity contribution in [3.05, 3.63) is 0 Å². The maximum atomic E-state index is 3.50. The quantitative estimate of drug-likeness (QED) is 0.632. The molecule has 0 saturated heterocycles. The van der Waals surface area contributed by atoms with Crippen LogP contribution < -0.4 is 5.32 Å². The summed E-state index contributed by atoms with van der Waals surface area (Å²) in [5.41, 5.74) is 0. The third kappa shape index (κ3) is 4.52. The molecule has 1 fully saturated rings. The fraction of sp³-hybridized carbons (Fsp3) is 1.00. The topological polar surface area (TPSA) is 15.3 Å². The second-order valence-corrected chi connectivity index (χ2v) is 4.69. The minimum atomic E-state index is 0.768. The fourth-order valence-corrected chi connectivity index (χ4v) is 2.22. The standard InChI is InChI=1S/C13H28N2/c1-4-7-10-15(13-8-9-13)12(5-2)11-14-6-3/h12-14H,4-11H2,1-3H3. The van der Waals surface area contributed by atoms with Crippen LogP contribution in [0.5, 0.6) is 0 Å². The van der Waals surface area contributed by atoms with E-state index in [1.54, 1.807) is 0 Å². The van der Waals surface area contributed by atoms with Crippen LogP contribution >= 0.6 is 0 Å². The fourth-order valence-electron chi connectivity index (χ4n) is 2.22. The average Bonchev–Trinajstić information content (AvgIpc) is 3.07. The van der Waals surface area contributed by atoms with E-state index >= 15 is 0 Å². The van der Waals surface area contributed by atoms with E-state index in [2.05, 4.69) is 31.0 Å². The van der Waals surface area contributed by atoms with Crippen molar-refractivity contribution in [3.63, 3.8) is 0 Å². The average molecular weight is 212 g/mol. The lowest BCUT2D eigenvalue weighted by atomic mass is 10.1. The van der Waals surface area contributed by atoms with Gasteiger partial charge in [0.05, 0.1) is 0 Å². The van der Waals surface area contributed by atoms with Gasteiger partial charge in [0, 0.05) is 18.6 Å². The lowest BCUT2D eigenvalue weighted by molar-refractivity contribution is 0.174. The Morgan fingerprint density at radius 1 is 1.27 bits per heavy atom. The molecule has 0 aliphatic heterocycles. The van der Waals surface area contributed by atoms with Crippen molar-refractivity contribution < 1.29 is 0 Å². The highest BCUT2D eigenvalue weighted by molar-refractivity contribution is 4.89. The van der Waals surface area contributed by atoms with Crippen LogP contribution in [0.3, 0.4) is 0 Å². The summed E-state index contributed by atoms with van der Waals surface area (Å²) in [6.07, 6.45) is 6.84. The van der Waals surface area contributed by atoms with Gasteiger partial charge < -0.3 is 5.32 Å². The SMILES string of the molecule is CCCCN(C1CC1)C(CC)CNCC. The molecule has 1 atom stereocenters. The minimum Gasteiger partial charge on any atom is -0.315 e. The zero-order chi connectivity index (χ0) is 11.1. The highest BCUT2D eigenvalue weighted by atomic mass is 15.2. The van der Waals surface area contributed by atoms with Gasteiger partial charge in [0.2, 0.25) is 0 Å². The summed E-state index contributed by atoms with van der Waals surface area (Å²) in [5, 5.41) is 3.50. The second-order valence-electron chi connectivity index (χ2n) is 4.69. The number of rotatable bonds is 9. The Kier molecular flexibility index (Phi) is 6.26. The van der Waals surface area contributed by atoms with Gasteiger partial charge in [-0.1, -0.05) is 27.2 Å². The molecule has 0 spiro atoms. The first kappa shape index (κ1) is 13.0. The number of nitrogens with one attached hydrogen (secondary N) is 1. The molecule has 2 nitrogen and oxygen atoms in total. The normalized spacial score (nSPS) is 18.4. The molecule has 1 saturated carbocycles. The number of nitrogens with zero attached hydrogens (tertiary/aromatic N) is 1. The van der Waals surface area contributed by atoms with Crippen molar-refractivity contribution in [1.29, 1.82) is 0 Å². The Morgan fingerprint density at radius 3 is 2.47 bits per heavy atom. The minimum absolute atomic E-state index is 0.768. The van der Waals surface area contributed by atoms with Gasteiger partial charge in [-0.15, -0.1) is 0 Å². The van der Waals surface area contributed by atoms with Crippen molar-refractivity contribution in [2.75, 3.05) is 19.6 Å².